The quantitative estimate of drug-likeness (QED) is 0.468. The van der Waals surface area contributed by atoms with Crippen LogP contribution < -0.4 is 15.0 Å². The zero-order valence-corrected chi connectivity index (χ0v) is 19.7. The molecule has 1 N–H and O–H groups in total. The first kappa shape index (κ1) is 21.2. The lowest BCUT2D eigenvalue weighted by Gasteiger charge is -2.36. The number of amides is 1. The lowest BCUT2D eigenvalue weighted by molar-refractivity contribution is 0.102. The number of carbonyl (C=O) groups is 1. The molecule has 9 nitrogen and oxygen atoms in total. The summed E-state index contributed by atoms with van der Waals surface area (Å²) < 4.78 is 21.6. The normalized spacial score (nSPS) is 18.6. The fourth-order valence-electron chi connectivity index (χ4n) is 4.69. The first-order chi connectivity index (χ1) is 16.5. The number of hydrogen-bond acceptors (Lipinski definition) is 8. The average molecular weight is 482 g/mol. The predicted octanol–water partition coefficient (Wildman–Crippen LogP) is 3.33. The fraction of sp³-hybridized carbons (Fsp3) is 0.391. The van der Waals surface area contributed by atoms with Crippen LogP contribution >= 0.6 is 11.3 Å². The topological polar surface area (TPSA) is 87.9 Å². The van der Waals surface area contributed by atoms with Gasteiger partial charge < -0.3 is 19.4 Å². The van der Waals surface area contributed by atoms with Gasteiger partial charge in [-0.2, -0.15) is 4.39 Å². The first-order valence-corrected chi connectivity index (χ1v) is 12.1. The molecule has 11 heteroatoms. The van der Waals surface area contributed by atoms with E-state index in [9.17, 15) is 9.18 Å². The Hall–Kier alpha value is -3.31. The third kappa shape index (κ3) is 3.55. The number of ether oxygens (including phenoxy) is 1. The molecule has 0 radical (unpaired) electrons. The van der Waals surface area contributed by atoms with Crippen molar-refractivity contribution in [1.82, 2.24) is 24.3 Å². The van der Waals surface area contributed by atoms with Gasteiger partial charge in [-0.25, -0.2) is 15.0 Å². The molecule has 1 amide bonds. The summed E-state index contributed by atoms with van der Waals surface area (Å²) >= 11 is 1.22. The Morgan fingerprint density at radius 2 is 2.06 bits per heavy atom. The Bertz CT molecular complexity index is 1410. The van der Waals surface area contributed by atoms with Crippen LogP contribution in [-0.2, 0) is 0 Å². The second-order valence-electron chi connectivity index (χ2n) is 8.75. The number of anilines is 2. The van der Waals surface area contributed by atoms with Crippen LogP contribution in [0.4, 0.5) is 15.9 Å². The Morgan fingerprint density at radius 1 is 1.21 bits per heavy atom. The van der Waals surface area contributed by atoms with E-state index in [0.29, 0.717) is 22.1 Å². The number of thiazole rings is 1. The predicted molar refractivity (Wildman–Crippen MR) is 129 cm³/mol. The zero-order valence-electron chi connectivity index (χ0n) is 18.9. The van der Waals surface area contributed by atoms with Crippen LogP contribution in [0.5, 0.6) is 5.75 Å². The monoisotopic (exact) mass is 481 g/mol. The number of pyridine rings is 2. The van der Waals surface area contributed by atoms with E-state index in [4.69, 9.17) is 9.72 Å². The zero-order chi connectivity index (χ0) is 23.4. The van der Waals surface area contributed by atoms with Crippen LogP contribution in [0.3, 0.4) is 0 Å². The molecule has 6 rings (SSSR count). The first-order valence-electron chi connectivity index (χ1n) is 11.3. The molecule has 4 aromatic heterocycles. The van der Waals surface area contributed by atoms with Crippen molar-refractivity contribution in [2.75, 3.05) is 43.5 Å². The molecule has 6 heterocycles. The Balaban J connectivity index is 1.24. The highest BCUT2D eigenvalue weighted by atomic mass is 32.1. The maximum absolute atomic E-state index is 14.9. The minimum absolute atomic E-state index is 0.0706. The van der Waals surface area contributed by atoms with E-state index in [0.717, 1.165) is 25.3 Å². The van der Waals surface area contributed by atoms with E-state index < -0.39 is 11.7 Å². The average Bonchev–Trinajstić information content (AvgIpc) is 3.50. The largest absolute Gasteiger partial charge is 0.491 e. The van der Waals surface area contributed by atoms with Crippen molar-refractivity contribution < 1.29 is 13.9 Å². The maximum Gasteiger partial charge on any atom is 0.284 e. The number of nitrogens with one attached hydrogen (secondary N) is 1. The smallest absolute Gasteiger partial charge is 0.284 e. The van der Waals surface area contributed by atoms with Gasteiger partial charge in [0, 0.05) is 31.5 Å². The van der Waals surface area contributed by atoms with Gasteiger partial charge in [0.1, 0.15) is 21.9 Å². The summed E-state index contributed by atoms with van der Waals surface area (Å²) in [6.07, 6.45) is 5.71. The molecule has 2 aliphatic rings. The van der Waals surface area contributed by atoms with Gasteiger partial charge in [-0.05, 0) is 45.0 Å². The number of aromatic nitrogens is 4. The van der Waals surface area contributed by atoms with Crippen LogP contribution in [0.2, 0.25) is 0 Å². The Kier molecular flexibility index (Phi) is 5.10. The fourth-order valence-corrected chi connectivity index (χ4v) is 5.52. The number of nitrogens with zero attached hydrogens (tertiary/aromatic N) is 6. The number of fused-ring (bicyclic) bond motifs is 2. The van der Waals surface area contributed by atoms with Gasteiger partial charge in [-0.3, -0.25) is 9.69 Å². The number of aryl methyl sites for hydroxylation is 1. The van der Waals surface area contributed by atoms with Crippen molar-refractivity contribution in [2.24, 2.45) is 0 Å². The summed E-state index contributed by atoms with van der Waals surface area (Å²) in [4.78, 5) is 31.9. The minimum atomic E-state index is -0.633. The second-order valence-corrected chi connectivity index (χ2v) is 9.73. The summed E-state index contributed by atoms with van der Waals surface area (Å²) in [5.41, 5.74) is 1.67. The van der Waals surface area contributed by atoms with Gasteiger partial charge in [0.05, 0.1) is 12.8 Å². The van der Waals surface area contributed by atoms with E-state index in [1.54, 1.807) is 19.3 Å². The molecule has 0 bridgehead atoms. The standard InChI is InChI=1S/C23H24FN7O2S/c1-13-10-31-12-16(19(33-2)18(24)20(31)25-13)26-21(32)23-27-15-4-5-17(28-22(15)34-23)30-9-6-14(11-30)29-7-3-8-29/h4-5,10,12,14H,3,6-9,11H2,1-2H3,(H,26,32). The molecule has 2 saturated heterocycles. The third-order valence-electron chi connectivity index (χ3n) is 6.54. The van der Waals surface area contributed by atoms with Crippen LogP contribution in [0.1, 0.15) is 28.3 Å². The molecule has 2 aliphatic heterocycles. The Morgan fingerprint density at radius 3 is 2.82 bits per heavy atom. The number of hydrogen-bond donors (Lipinski definition) is 1. The van der Waals surface area contributed by atoms with Gasteiger partial charge in [-0.15, -0.1) is 0 Å². The number of halogens is 1. The van der Waals surface area contributed by atoms with Gasteiger partial charge in [0.2, 0.25) is 5.82 Å². The van der Waals surface area contributed by atoms with Crippen molar-refractivity contribution in [2.45, 2.75) is 25.8 Å². The van der Waals surface area contributed by atoms with Crippen LogP contribution in [0.15, 0.2) is 24.5 Å². The van der Waals surface area contributed by atoms with E-state index in [-0.39, 0.29) is 22.1 Å². The molecule has 0 spiro atoms. The van der Waals surface area contributed by atoms with E-state index in [1.807, 2.05) is 12.1 Å². The van der Waals surface area contributed by atoms with Crippen molar-refractivity contribution in [3.05, 3.63) is 41.0 Å². The van der Waals surface area contributed by atoms with E-state index >= 15 is 0 Å². The van der Waals surface area contributed by atoms with Gasteiger partial charge in [0.15, 0.2) is 16.4 Å². The molecule has 0 aromatic carbocycles. The number of carbonyl (C=O) groups excluding carboxylic acids is 1. The summed E-state index contributed by atoms with van der Waals surface area (Å²) in [5, 5.41) is 2.99. The third-order valence-corrected chi connectivity index (χ3v) is 7.51. The molecular formula is C23H24FN7O2S. The van der Waals surface area contributed by atoms with Crippen molar-refractivity contribution in [3.63, 3.8) is 0 Å². The van der Waals surface area contributed by atoms with Crippen molar-refractivity contribution in [1.29, 1.82) is 0 Å². The highest BCUT2D eigenvalue weighted by Gasteiger charge is 2.31. The maximum atomic E-state index is 14.9. The second kappa shape index (κ2) is 8.17. The molecule has 34 heavy (non-hydrogen) atoms. The molecule has 2 fully saturated rings. The van der Waals surface area contributed by atoms with E-state index in [1.165, 1.54) is 42.4 Å². The van der Waals surface area contributed by atoms with Gasteiger partial charge in [0.25, 0.3) is 5.91 Å². The molecule has 0 aliphatic carbocycles. The lowest BCUT2D eigenvalue weighted by atomic mass is 10.1. The summed E-state index contributed by atoms with van der Waals surface area (Å²) in [6, 6.07) is 4.47. The van der Waals surface area contributed by atoms with Crippen LogP contribution in [0.25, 0.3) is 16.0 Å². The van der Waals surface area contributed by atoms with Crippen molar-refractivity contribution >= 4 is 44.7 Å². The van der Waals surface area contributed by atoms with Crippen LogP contribution in [0, 0.1) is 12.7 Å². The number of methoxy groups -OCH3 is 1. The molecule has 1 atom stereocenters. The SMILES string of the molecule is COc1c(NC(=O)c2nc3ccc(N4CCC(N5CCC5)C4)nc3s2)cn2cc(C)nc2c1F. The molecule has 1 unspecified atom stereocenters. The summed E-state index contributed by atoms with van der Waals surface area (Å²) in [5.74, 6) is -0.238. The minimum Gasteiger partial charge on any atom is -0.491 e. The molecule has 176 valence electrons. The van der Waals surface area contributed by atoms with Crippen molar-refractivity contribution in [3.8, 4) is 5.75 Å². The lowest BCUT2D eigenvalue weighted by Crippen LogP contribution is -2.46. The number of imidazole rings is 1. The summed E-state index contributed by atoms with van der Waals surface area (Å²) in [6.45, 7) is 6.12. The van der Waals surface area contributed by atoms with E-state index in [2.05, 4.69) is 25.1 Å². The highest BCUT2D eigenvalue weighted by molar-refractivity contribution is 7.20. The highest BCUT2D eigenvalue weighted by Crippen LogP contribution is 2.32. The Labute approximate surface area is 199 Å². The number of rotatable bonds is 5. The number of likely N-dealkylation sites (tertiary alicyclic amines) is 1. The van der Waals surface area contributed by atoms with Gasteiger partial charge >= 0.3 is 0 Å². The molecular weight excluding hydrogens is 457 g/mol. The molecule has 0 saturated carbocycles. The summed E-state index contributed by atoms with van der Waals surface area (Å²) in [7, 11) is 1.36. The van der Waals surface area contributed by atoms with Gasteiger partial charge in [-0.1, -0.05) is 11.3 Å². The van der Waals surface area contributed by atoms with Crippen LogP contribution in [-0.4, -0.2) is 69.5 Å². The molecule has 4 aromatic rings.